The summed E-state index contributed by atoms with van der Waals surface area (Å²) in [7, 11) is 0. The number of hydrogen-bond donors (Lipinski definition) is 2. The summed E-state index contributed by atoms with van der Waals surface area (Å²) in [5.41, 5.74) is 0.263. The van der Waals surface area contributed by atoms with Crippen molar-refractivity contribution in [1.82, 2.24) is 29.7 Å². The molecule has 0 saturated carbocycles. The molecule has 2 rings (SSSR count). The van der Waals surface area contributed by atoms with Crippen LogP contribution in [0.2, 0.25) is 0 Å². The molecule has 0 unspecified atom stereocenters. The lowest BCUT2D eigenvalue weighted by Gasteiger charge is -2.18. The molecule has 8 nitrogen and oxygen atoms in total. The highest BCUT2D eigenvalue weighted by Crippen LogP contribution is 2.18. The predicted octanol–water partition coefficient (Wildman–Crippen LogP) is 1.73. The summed E-state index contributed by atoms with van der Waals surface area (Å²) < 4.78 is 1.51. The van der Waals surface area contributed by atoms with Gasteiger partial charge in [0, 0.05) is 13.1 Å². The molecule has 0 bridgehead atoms. The summed E-state index contributed by atoms with van der Waals surface area (Å²) in [4.78, 5) is 16.9. The van der Waals surface area contributed by atoms with Crippen LogP contribution in [-0.2, 0) is 0 Å². The van der Waals surface area contributed by atoms with Crippen LogP contribution in [0.15, 0.2) is 12.7 Å². The van der Waals surface area contributed by atoms with Gasteiger partial charge in [0.1, 0.15) is 12.7 Å². The molecule has 0 fully saturated rings. The Morgan fingerprint density at radius 1 is 1.10 bits per heavy atom. The molecule has 0 aliphatic heterocycles. The molecule has 21 heavy (non-hydrogen) atoms. The topological polar surface area (TPSA) is 93.4 Å². The van der Waals surface area contributed by atoms with Crippen molar-refractivity contribution in [3.05, 3.63) is 12.7 Å². The van der Waals surface area contributed by atoms with E-state index in [0.29, 0.717) is 17.8 Å². The molecule has 0 atom stereocenters. The standard InChI is InChI=1S/C13H22N8/c1-5-15-10-18-11(16-7-6-13(2,3)4)20-12(19-10)21-9-14-8-17-21/h8-9H,5-7H2,1-4H3,(H2,15,16,18,19,20). The molecule has 0 amide bonds. The minimum atomic E-state index is 0.263. The minimum absolute atomic E-state index is 0.263. The van der Waals surface area contributed by atoms with Crippen LogP contribution in [0.5, 0.6) is 0 Å². The van der Waals surface area contributed by atoms with Gasteiger partial charge >= 0.3 is 0 Å². The third kappa shape index (κ3) is 4.66. The van der Waals surface area contributed by atoms with Gasteiger partial charge in [-0.2, -0.15) is 24.7 Å². The van der Waals surface area contributed by atoms with Gasteiger partial charge < -0.3 is 10.6 Å². The predicted molar refractivity (Wildman–Crippen MR) is 81.5 cm³/mol. The van der Waals surface area contributed by atoms with E-state index in [-0.39, 0.29) is 5.41 Å². The van der Waals surface area contributed by atoms with Gasteiger partial charge in [-0.3, -0.25) is 0 Å². The van der Waals surface area contributed by atoms with Gasteiger partial charge in [-0.25, -0.2) is 4.98 Å². The van der Waals surface area contributed by atoms with E-state index in [1.165, 1.54) is 11.0 Å². The Bertz CT molecular complexity index is 558. The van der Waals surface area contributed by atoms with Crippen LogP contribution in [-0.4, -0.2) is 42.8 Å². The largest absolute Gasteiger partial charge is 0.354 e. The average molecular weight is 290 g/mol. The summed E-state index contributed by atoms with van der Waals surface area (Å²) in [6.07, 6.45) is 4.03. The molecule has 0 aliphatic rings. The van der Waals surface area contributed by atoms with Gasteiger partial charge in [-0.1, -0.05) is 20.8 Å². The molecule has 0 saturated heterocycles. The van der Waals surface area contributed by atoms with Crippen molar-refractivity contribution in [3.63, 3.8) is 0 Å². The van der Waals surface area contributed by atoms with E-state index in [0.717, 1.165) is 19.5 Å². The molecular formula is C13H22N8. The maximum absolute atomic E-state index is 4.36. The SMILES string of the molecule is CCNc1nc(NCCC(C)(C)C)nc(-n2cncn2)n1. The van der Waals surface area contributed by atoms with Gasteiger partial charge in [-0.15, -0.1) is 0 Å². The number of nitrogens with one attached hydrogen (secondary N) is 2. The zero-order chi connectivity index (χ0) is 15.3. The minimum Gasteiger partial charge on any atom is -0.354 e. The Balaban J connectivity index is 2.16. The van der Waals surface area contributed by atoms with Gasteiger partial charge in [0.15, 0.2) is 0 Å². The fraction of sp³-hybridized carbons (Fsp3) is 0.615. The Labute approximate surface area is 124 Å². The van der Waals surface area contributed by atoms with Crippen LogP contribution < -0.4 is 10.6 Å². The van der Waals surface area contributed by atoms with Crippen LogP contribution in [0.4, 0.5) is 11.9 Å². The second kappa shape index (κ2) is 6.47. The molecule has 2 N–H and O–H groups in total. The number of nitrogens with zero attached hydrogens (tertiary/aromatic N) is 6. The summed E-state index contributed by atoms with van der Waals surface area (Å²) >= 11 is 0. The first-order valence-corrected chi connectivity index (χ1v) is 7.07. The molecule has 2 aromatic heterocycles. The number of rotatable bonds is 6. The highest BCUT2D eigenvalue weighted by molar-refractivity contribution is 5.37. The number of aromatic nitrogens is 6. The summed E-state index contributed by atoms with van der Waals surface area (Å²) in [6.45, 7) is 10.1. The smallest absolute Gasteiger partial charge is 0.258 e. The van der Waals surface area contributed by atoms with Gasteiger partial charge in [0.2, 0.25) is 11.9 Å². The molecule has 0 aromatic carbocycles. The highest BCUT2D eigenvalue weighted by Gasteiger charge is 2.11. The maximum Gasteiger partial charge on any atom is 0.258 e. The van der Waals surface area contributed by atoms with E-state index in [1.54, 1.807) is 6.33 Å². The summed E-state index contributed by atoms with van der Waals surface area (Å²) in [6, 6.07) is 0. The van der Waals surface area contributed by atoms with Crippen molar-refractivity contribution >= 4 is 11.9 Å². The molecule has 114 valence electrons. The van der Waals surface area contributed by atoms with Crippen LogP contribution in [0.3, 0.4) is 0 Å². The Hall–Kier alpha value is -2.25. The van der Waals surface area contributed by atoms with Crippen molar-refractivity contribution in [3.8, 4) is 5.95 Å². The van der Waals surface area contributed by atoms with E-state index < -0.39 is 0 Å². The third-order valence-electron chi connectivity index (χ3n) is 2.74. The van der Waals surface area contributed by atoms with Gasteiger partial charge in [0.05, 0.1) is 0 Å². The van der Waals surface area contributed by atoms with Crippen molar-refractivity contribution in [1.29, 1.82) is 0 Å². The van der Waals surface area contributed by atoms with E-state index in [9.17, 15) is 0 Å². The molecule has 8 heteroatoms. The first-order chi connectivity index (χ1) is 9.98. The second-order valence-electron chi connectivity index (χ2n) is 5.89. The zero-order valence-corrected chi connectivity index (χ0v) is 13.0. The normalized spacial score (nSPS) is 11.4. The lowest BCUT2D eigenvalue weighted by atomic mass is 9.92. The molecule has 0 aliphatic carbocycles. The van der Waals surface area contributed by atoms with Crippen molar-refractivity contribution in [2.75, 3.05) is 23.7 Å². The van der Waals surface area contributed by atoms with Crippen molar-refractivity contribution < 1.29 is 0 Å². The molecule has 2 heterocycles. The second-order valence-corrected chi connectivity index (χ2v) is 5.89. The maximum atomic E-state index is 4.36. The van der Waals surface area contributed by atoms with E-state index >= 15 is 0 Å². The van der Waals surface area contributed by atoms with Crippen LogP contribution in [0, 0.1) is 5.41 Å². The quantitative estimate of drug-likeness (QED) is 0.836. The van der Waals surface area contributed by atoms with Gasteiger partial charge in [-0.05, 0) is 18.8 Å². The zero-order valence-electron chi connectivity index (χ0n) is 13.0. The summed E-state index contributed by atoms with van der Waals surface area (Å²) in [5.74, 6) is 1.50. The van der Waals surface area contributed by atoms with E-state index in [2.05, 4.69) is 56.4 Å². The molecular weight excluding hydrogens is 268 g/mol. The third-order valence-corrected chi connectivity index (χ3v) is 2.74. The number of hydrogen-bond acceptors (Lipinski definition) is 7. The fourth-order valence-corrected chi connectivity index (χ4v) is 1.64. The monoisotopic (exact) mass is 290 g/mol. The van der Waals surface area contributed by atoms with Crippen molar-refractivity contribution in [2.45, 2.75) is 34.1 Å². The van der Waals surface area contributed by atoms with Crippen LogP contribution in [0.1, 0.15) is 34.1 Å². The van der Waals surface area contributed by atoms with E-state index in [1.807, 2.05) is 6.92 Å². The fourth-order valence-electron chi connectivity index (χ4n) is 1.64. The van der Waals surface area contributed by atoms with Crippen LogP contribution >= 0.6 is 0 Å². The Morgan fingerprint density at radius 3 is 2.38 bits per heavy atom. The summed E-state index contributed by atoms with van der Waals surface area (Å²) in [5, 5.41) is 10.4. The molecule has 2 aromatic rings. The number of anilines is 2. The van der Waals surface area contributed by atoms with E-state index in [4.69, 9.17) is 0 Å². The molecule has 0 radical (unpaired) electrons. The van der Waals surface area contributed by atoms with Crippen molar-refractivity contribution in [2.24, 2.45) is 5.41 Å². The first kappa shape index (κ1) is 15.1. The van der Waals surface area contributed by atoms with Gasteiger partial charge in [0.25, 0.3) is 5.95 Å². The Morgan fingerprint density at radius 2 is 1.81 bits per heavy atom. The lowest BCUT2D eigenvalue weighted by molar-refractivity contribution is 0.389. The van der Waals surface area contributed by atoms with Crippen LogP contribution in [0.25, 0.3) is 5.95 Å². The Kier molecular flexibility index (Phi) is 4.66. The lowest BCUT2D eigenvalue weighted by Crippen LogP contribution is -2.16. The highest BCUT2D eigenvalue weighted by atomic mass is 15.4. The molecule has 0 spiro atoms. The first-order valence-electron chi connectivity index (χ1n) is 7.07. The average Bonchev–Trinajstić information content (AvgIpc) is 2.91.